The van der Waals surface area contributed by atoms with Crippen molar-refractivity contribution in [2.45, 2.75) is 31.8 Å². The van der Waals surface area contributed by atoms with Crippen molar-refractivity contribution in [3.05, 3.63) is 18.0 Å². The average Bonchev–Trinajstić information content (AvgIpc) is 2.67. The standard InChI is InChI=1S/C10H15N3O2/c14-10-9(3-1-2-5-11-10)12-7-8-4-6-15-13-8/h4,6,9,12H,1-3,5,7H2,(H,11,14). The highest BCUT2D eigenvalue weighted by molar-refractivity contribution is 5.81. The first kappa shape index (κ1) is 10.2. The van der Waals surface area contributed by atoms with E-state index in [1.54, 1.807) is 6.07 Å². The van der Waals surface area contributed by atoms with Crippen LogP contribution in [-0.4, -0.2) is 23.7 Å². The molecular formula is C10H15N3O2. The Kier molecular flexibility index (Phi) is 3.34. The summed E-state index contributed by atoms with van der Waals surface area (Å²) in [7, 11) is 0. The lowest BCUT2D eigenvalue weighted by Gasteiger charge is -2.13. The van der Waals surface area contributed by atoms with Gasteiger partial charge >= 0.3 is 0 Å². The van der Waals surface area contributed by atoms with Crippen LogP contribution in [0, 0.1) is 0 Å². The third-order valence-corrected chi connectivity index (χ3v) is 2.56. The van der Waals surface area contributed by atoms with Gasteiger partial charge in [-0.1, -0.05) is 5.16 Å². The average molecular weight is 209 g/mol. The highest BCUT2D eigenvalue weighted by Crippen LogP contribution is 2.06. The number of hydrogen-bond acceptors (Lipinski definition) is 4. The van der Waals surface area contributed by atoms with Gasteiger partial charge in [-0.15, -0.1) is 0 Å². The topological polar surface area (TPSA) is 67.2 Å². The van der Waals surface area contributed by atoms with Gasteiger partial charge in [-0.3, -0.25) is 4.79 Å². The van der Waals surface area contributed by atoms with Crippen LogP contribution in [0.3, 0.4) is 0 Å². The number of rotatable bonds is 3. The fourth-order valence-corrected chi connectivity index (χ4v) is 1.69. The van der Waals surface area contributed by atoms with E-state index in [-0.39, 0.29) is 11.9 Å². The maximum Gasteiger partial charge on any atom is 0.237 e. The maximum absolute atomic E-state index is 11.6. The Morgan fingerprint density at radius 2 is 2.53 bits per heavy atom. The van der Waals surface area contributed by atoms with Crippen LogP contribution >= 0.6 is 0 Å². The monoisotopic (exact) mass is 209 g/mol. The molecule has 1 aliphatic heterocycles. The van der Waals surface area contributed by atoms with Crippen LogP contribution < -0.4 is 10.6 Å². The molecule has 5 nitrogen and oxygen atoms in total. The molecule has 5 heteroatoms. The summed E-state index contributed by atoms with van der Waals surface area (Å²) < 4.78 is 4.72. The van der Waals surface area contributed by atoms with Crippen LogP contribution in [0.5, 0.6) is 0 Å². The SMILES string of the molecule is O=C1NCCCCC1NCc1ccon1. The van der Waals surface area contributed by atoms with Crippen molar-refractivity contribution >= 4 is 5.91 Å². The molecular weight excluding hydrogens is 194 g/mol. The number of carbonyl (C=O) groups excluding carboxylic acids is 1. The third-order valence-electron chi connectivity index (χ3n) is 2.56. The summed E-state index contributed by atoms with van der Waals surface area (Å²) in [5.74, 6) is 0.0935. The Hall–Kier alpha value is -1.36. The quantitative estimate of drug-likeness (QED) is 0.757. The van der Waals surface area contributed by atoms with Gasteiger partial charge in [-0.2, -0.15) is 0 Å². The summed E-state index contributed by atoms with van der Waals surface area (Å²) >= 11 is 0. The fraction of sp³-hybridized carbons (Fsp3) is 0.600. The summed E-state index contributed by atoms with van der Waals surface area (Å²) in [5, 5.41) is 9.84. The molecule has 1 saturated heterocycles. The van der Waals surface area contributed by atoms with Crippen LogP contribution in [0.2, 0.25) is 0 Å². The Morgan fingerprint density at radius 3 is 3.33 bits per heavy atom. The zero-order chi connectivity index (χ0) is 10.5. The van der Waals surface area contributed by atoms with Crippen LogP contribution in [0.4, 0.5) is 0 Å². The molecule has 0 bridgehead atoms. The molecule has 0 spiro atoms. The van der Waals surface area contributed by atoms with Crippen LogP contribution in [0.1, 0.15) is 25.0 Å². The minimum atomic E-state index is -0.0933. The Balaban J connectivity index is 1.84. The van der Waals surface area contributed by atoms with Crippen molar-refractivity contribution in [3.8, 4) is 0 Å². The third kappa shape index (κ3) is 2.79. The molecule has 1 aromatic rings. The molecule has 1 unspecified atom stereocenters. The molecule has 82 valence electrons. The molecule has 0 saturated carbocycles. The van der Waals surface area contributed by atoms with E-state index in [9.17, 15) is 4.79 Å². The smallest absolute Gasteiger partial charge is 0.237 e. The molecule has 2 N–H and O–H groups in total. The number of carbonyl (C=O) groups is 1. The lowest BCUT2D eigenvalue weighted by atomic mass is 10.1. The Morgan fingerprint density at radius 1 is 1.60 bits per heavy atom. The molecule has 0 aliphatic carbocycles. The number of hydrogen-bond donors (Lipinski definition) is 2. The minimum Gasteiger partial charge on any atom is -0.364 e. The zero-order valence-electron chi connectivity index (χ0n) is 8.53. The normalized spacial score (nSPS) is 22.1. The maximum atomic E-state index is 11.6. The molecule has 2 heterocycles. The van der Waals surface area contributed by atoms with Crippen molar-refractivity contribution in [2.24, 2.45) is 0 Å². The van der Waals surface area contributed by atoms with Gasteiger partial charge in [0, 0.05) is 19.2 Å². The van der Waals surface area contributed by atoms with Crippen LogP contribution in [-0.2, 0) is 11.3 Å². The predicted molar refractivity (Wildman–Crippen MR) is 54.0 cm³/mol. The van der Waals surface area contributed by atoms with Gasteiger partial charge in [0.1, 0.15) is 6.26 Å². The molecule has 1 aliphatic rings. The summed E-state index contributed by atoms with van der Waals surface area (Å²) in [6.07, 6.45) is 4.57. The number of nitrogens with zero attached hydrogens (tertiary/aromatic N) is 1. The van der Waals surface area contributed by atoms with Gasteiger partial charge in [0.15, 0.2) is 0 Å². The molecule has 2 rings (SSSR count). The zero-order valence-corrected chi connectivity index (χ0v) is 8.53. The first-order chi connectivity index (χ1) is 7.36. The van der Waals surface area contributed by atoms with E-state index in [1.807, 2.05) is 0 Å². The van der Waals surface area contributed by atoms with Crippen LogP contribution in [0.15, 0.2) is 16.9 Å². The van der Waals surface area contributed by atoms with E-state index >= 15 is 0 Å². The van der Waals surface area contributed by atoms with E-state index < -0.39 is 0 Å². The highest BCUT2D eigenvalue weighted by Gasteiger charge is 2.19. The van der Waals surface area contributed by atoms with E-state index in [1.165, 1.54) is 6.26 Å². The Bertz CT molecular complexity index is 310. The van der Waals surface area contributed by atoms with Crippen molar-refractivity contribution in [1.29, 1.82) is 0 Å². The van der Waals surface area contributed by atoms with Gasteiger partial charge in [-0.25, -0.2) is 0 Å². The van der Waals surface area contributed by atoms with Gasteiger partial charge < -0.3 is 15.2 Å². The van der Waals surface area contributed by atoms with E-state index in [0.717, 1.165) is 31.5 Å². The summed E-state index contributed by atoms with van der Waals surface area (Å²) in [5.41, 5.74) is 0.826. The lowest BCUT2D eigenvalue weighted by molar-refractivity contribution is -0.122. The molecule has 15 heavy (non-hydrogen) atoms. The van der Waals surface area contributed by atoms with Crippen molar-refractivity contribution < 1.29 is 9.32 Å². The molecule has 1 amide bonds. The lowest BCUT2D eigenvalue weighted by Crippen LogP contribution is -2.42. The molecule has 0 aromatic carbocycles. The van der Waals surface area contributed by atoms with Crippen molar-refractivity contribution in [1.82, 2.24) is 15.8 Å². The molecule has 0 radical (unpaired) electrons. The number of nitrogens with one attached hydrogen (secondary N) is 2. The number of aromatic nitrogens is 1. The van der Waals surface area contributed by atoms with E-state index in [4.69, 9.17) is 4.52 Å². The largest absolute Gasteiger partial charge is 0.364 e. The van der Waals surface area contributed by atoms with Gasteiger partial charge in [0.05, 0.1) is 11.7 Å². The summed E-state index contributed by atoms with van der Waals surface area (Å²) in [4.78, 5) is 11.6. The van der Waals surface area contributed by atoms with Crippen molar-refractivity contribution in [3.63, 3.8) is 0 Å². The van der Waals surface area contributed by atoms with E-state index in [0.29, 0.717) is 6.54 Å². The highest BCUT2D eigenvalue weighted by atomic mass is 16.5. The van der Waals surface area contributed by atoms with Gasteiger partial charge in [0.25, 0.3) is 0 Å². The Labute approximate surface area is 88.2 Å². The van der Waals surface area contributed by atoms with Crippen molar-refractivity contribution in [2.75, 3.05) is 6.54 Å². The first-order valence-electron chi connectivity index (χ1n) is 5.26. The second-order valence-corrected chi connectivity index (χ2v) is 3.71. The minimum absolute atomic E-state index is 0.0933. The number of amides is 1. The first-order valence-corrected chi connectivity index (χ1v) is 5.26. The summed E-state index contributed by atoms with van der Waals surface area (Å²) in [6.45, 7) is 1.37. The van der Waals surface area contributed by atoms with Gasteiger partial charge in [-0.05, 0) is 19.3 Å². The molecule has 1 atom stereocenters. The van der Waals surface area contributed by atoms with E-state index in [2.05, 4.69) is 15.8 Å². The second-order valence-electron chi connectivity index (χ2n) is 3.71. The summed E-state index contributed by atoms with van der Waals surface area (Å²) in [6, 6.07) is 1.70. The second kappa shape index (κ2) is 4.93. The van der Waals surface area contributed by atoms with Crippen LogP contribution in [0.25, 0.3) is 0 Å². The van der Waals surface area contributed by atoms with Gasteiger partial charge in [0.2, 0.25) is 5.91 Å². The molecule has 1 fully saturated rings. The predicted octanol–water partition coefficient (Wildman–Crippen LogP) is 0.433. The molecule has 1 aromatic heterocycles. The fourth-order valence-electron chi connectivity index (χ4n) is 1.69.